The summed E-state index contributed by atoms with van der Waals surface area (Å²) >= 11 is 0. The molecule has 2 rings (SSSR count). The highest BCUT2D eigenvalue weighted by molar-refractivity contribution is 5.70. The van der Waals surface area contributed by atoms with Crippen LogP contribution in [0.1, 0.15) is 57.8 Å². The van der Waals surface area contributed by atoms with E-state index < -0.39 is 0 Å². The zero-order valence-corrected chi connectivity index (χ0v) is 10.0. The average molecular weight is 225 g/mol. The summed E-state index contributed by atoms with van der Waals surface area (Å²) in [5.41, 5.74) is 0. The lowest BCUT2D eigenvalue weighted by molar-refractivity contribution is -0.150. The standard InChI is InChI=1S/C13H23NO2/c15-13(10-11-6-5-9-14-11)16-12-7-3-1-2-4-8-12/h11-12,14H,1-10H2. The fraction of sp³-hybridized carbons (Fsp3) is 0.923. The second kappa shape index (κ2) is 6.24. The third-order valence-electron chi connectivity index (χ3n) is 3.68. The van der Waals surface area contributed by atoms with Gasteiger partial charge in [0.25, 0.3) is 0 Å². The van der Waals surface area contributed by atoms with Crippen molar-refractivity contribution < 1.29 is 9.53 Å². The van der Waals surface area contributed by atoms with Gasteiger partial charge in [-0.05, 0) is 45.1 Å². The molecule has 1 aliphatic carbocycles. The van der Waals surface area contributed by atoms with Crippen LogP contribution >= 0.6 is 0 Å². The molecule has 1 heterocycles. The highest BCUT2D eigenvalue weighted by Crippen LogP contribution is 2.20. The Kier molecular flexibility index (Phi) is 4.64. The van der Waals surface area contributed by atoms with Crippen LogP contribution in [0.5, 0.6) is 0 Å². The smallest absolute Gasteiger partial charge is 0.307 e. The van der Waals surface area contributed by atoms with Crippen molar-refractivity contribution in [3.63, 3.8) is 0 Å². The maximum Gasteiger partial charge on any atom is 0.307 e. The Hall–Kier alpha value is -0.570. The van der Waals surface area contributed by atoms with E-state index in [1.165, 1.54) is 32.1 Å². The lowest BCUT2D eigenvalue weighted by atomic mass is 10.1. The van der Waals surface area contributed by atoms with Crippen molar-refractivity contribution in [2.45, 2.75) is 69.9 Å². The molecule has 1 saturated carbocycles. The van der Waals surface area contributed by atoms with Crippen LogP contribution in [0.4, 0.5) is 0 Å². The van der Waals surface area contributed by atoms with Gasteiger partial charge < -0.3 is 10.1 Å². The first-order valence-electron chi connectivity index (χ1n) is 6.77. The Morgan fingerprint density at radius 1 is 1.06 bits per heavy atom. The third kappa shape index (κ3) is 3.78. The van der Waals surface area contributed by atoms with Gasteiger partial charge in [0.1, 0.15) is 6.10 Å². The molecule has 0 aromatic carbocycles. The molecule has 0 aromatic rings. The molecule has 0 bridgehead atoms. The highest BCUT2D eigenvalue weighted by Gasteiger charge is 2.21. The van der Waals surface area contributed by atoms with Crippen LogP contribution in [0.3, 0.4) is 0 Å². The fourth-order valence-electron chi connectivity index (χ4n) is 2.73. The summed E-state index contributed by atoms with van der Waals surface area (Å²) in [5.74, 6) is 0.00583. The molecule has 0 radical (unpaired) electrons. The summed E-state index contributed by atoms with van der Waals surface area (Å²) in [5, 5.41) is 3.34. The molecule has 1 aliphatic heterocycles. The number of carbonyl (C=O) groups excluding carboxylic acids is 1. The molecule has 16 heavy (non-hydrogen) atoms. The van der Waals surface area contributed by atoms with Gasteiger partial charge in [-0.1, -0.05) is 12.8 Å². The zero-order valence-electron chi connectivity index (χ0n) is 10.0. The van der Waals surface area contributed by atoms with Crippen LogP contribution in [0.15, 0.2) is 0 Å². The maximum absolute atomic E-state index is 11.7. The second-order valence-electron chi connectivity index (χ2n) is 5.10. The molecular weight excluding hydrogens is 202 g/mol. The topological polar surface area (TPSA) is 38.3 Å². The largest absolute Gasteiger partial charge is 0.462 e. The minimum Gasteiger partial charge on any atom is -0.462 e. The van der Waals surface area contributed by atoms with Crippen LogP contribution < -0.4 is 5.32 Å². The predicted molar refractivity (Wildman–Crippen MR) is 63.2 cm³/mol. The number of nitrogens with one attached hydrogen (secondary N) is 1. The van der Waals surface area contributed by atoms with Crippen molar-refractivity contribution in [2.24, 2.45) is 0 Å². The molecule has 92 valence electrons. The first-order chi connectivity index (χ1) is 7.84. The van der Waals surface area contributed by atoms with E-state index in [1.807, 2.05) is 0 Å². The predicted octanol–water partition coefficient (Wildman–Crippen LogP) is 2.39. The Labute approximate surface area is 97.9 Å². The summed E-state index contributed by atoms with van der Waals surface area (Å²) < 4.78 is 5.55. The molecule has 0 aromatic heterocycles. The number of rotatable bonds is 3. The van der Waals surface area contributed by atoms with E-state index in [2.05, 4.69) is 5.32 Å². The lowest BCUT2D eigenvalue weighted by Crippen LogP contribution is -2.27. The molecule has 2 aliphatic rings. The monoisotopic (exact) mass is 225 g/mol. The van der Waals surface area contributed by atoms with E-state index in [1.54, 1.807) is 0 Å². The van der Waals surface area contributed by atoms with Gasteiger partial charge in [-0.3, -0.25) is 4.79 Å². The summed E-state index contributed by atoms with van der Waals surface area (Å²) in [4.78, 5) is 11.7. The number of hydrogen-bond donors (Lipinski definition) is 1. The summed E-state index contributed by atoms with van der Waals surface area (Å²) in [7, 11) is 0. The molecule has 0 amide bonds. The van der Waals surface area contributed by atoms with E-state index in [0.29, 0.717) is 12.5 Å². The number of hydrogen-bond acceptors (Lipinski definition) is 3. The molecule has 2 fully saturated rings. The van der Waals surface area contributed by atoms with Gasteiger partial charge in [0.15, 0.2) is 0 Å². The van der Waals surface area contributed by atoms with E-state index in [9.17, 15) is 4.79 Å². The van der Waals surface area contributed by atoms with Crippen LogP contribution in [0.25, 0.3) is 0 Å². The van der Waals surface area contributed by atoms with E-state index in [4.69, 9.17) is 4.74 Å². The normalized spacial score (nSPS) is 27.6. The minimum atomic E-state index is 0.00583. The van der Waals surface area contributed by atoms with Crippen molar-refractivity contribution >= 4 is 5.97 Å². The summed E-state index contributed by atoms with van der Waals surface area (Å²) in [6, 6.07) is 0.373. The van der Waals surface area contributed by atoms with Crippen molar-refractivity contribution in [1.29, 1.82) is 0 Å². The van der Waals surface area contributed by atoms with E-state index >= 15 is 0 Å². The first-order valence-corrected chi connectivity index (χ1v) is 6.77. The van der Waals surface area contributed by atoms with Gasteiger partial charge in [0.05, 0.1) is 6.42 Å². The van der Waals surface area contributed by atoms with E-state index in [-0.39, 0.29) is 12.1 Å². The Morgan fingerprint density at radius 3 is 2.44 bits per heavy atom. The second-order valence-corrected chi connectivity index (χ2v) is 5.10. The van der Waals surface area contributed by atoms with Gasteiger partial charge in [-0.25, -0.2) is 0 Å². The Bertz CT molecular complexity index is 216. The third-order valence-corrected chi connectivity index (χ3v) is 3.68. The van der Waals surface area contributed by atoms with Crippen molar-refractivity contribution in [3.05, 3.63) is 0 Å². The molecule has 1 unspecified atom stereocenters. The van der Waals surface area contributed by atoms with Crippen LogP contribution in [0, 0.1) is 0 Å². The SMILES string of the molecule is O=C(CC1CCCN1)OC1CCCCCC1. The lowest BCUT2D eigenvalue weighted by Gasteiger charge is -2.17. The quantitative estimate of drug-likeness (QED) is 0.592. The molecule has 0 spiro atoms. The molecule has 1 N–H and O–H groups in total. The van der Waals surface area contributed by atoms with Gasteiger partial charge >= 0.3 is 5.97 Å². The van der Waals surface area contributed by atoms with Crippen LogP contribution in [-0.4, -0.2) is 24.7 Å². The highest BCUT2D eigenvalue weighted by atomic mass is 16.5. The van der Waals surface area contributed by atoms with Crippen molar-refractivity contribution in [2.75, 3.05) is 6.54 Å². The molecule has 3 nitrogen and oxygen atoms in total. The Morgan fingerprint density at radius 2 is 1.81 bits per heavy atom. The molecule has 3 heteroatoms. The minimum absolute atomic E-state index is 0.00583. The summed E-state index contributed by atoms with van der Waals surface area (Å²) in [6.45, 7) is 1.06. The van der Waals surface area contributed by atoms with E-state index in [0.717, 1.165) is 25.8 Å². The first kappa shape index (κ1) is 11.9. The maximum atomic E-state index is 11.7. The van der Waals surface area contributed by atoms with Crippen molar-refractivity contribution in [1.82, 2.24) is 5.32 Å². The zero-order chi connectivity index (χ0) is 11.2. The van der Waals surface area contributed by atoms with Crippen LogP contribution in [-0.2, 0) is 9.53 Å². The Balaban J connectivity index is 1.68. The van der Waals surface area contributed by atoms with Gasteiger partial charge in [-0.15, -0.1) is 0 Å². The number of ether oxygens (including phenoxy) is 1. The van der Waals surface area contributed by atoms with Crippen LogP contribution in [0.2, 0.25) is 0 Å². The number of esters is 1. The van der Waals surface area contributed by atoms with Gasteiger partial charge in [-0.2, -0.15) is 0 Å². The number of carbonyl (C=O) groups is 1. The molecule has 1 atom stereocenters. The fourth-order valence-corrected chi connectivity index (χ4v) is 2.73. The molecule has 1 saturated heterocycles. The van der Waals surface area contributed by atoms with Gasteiger partial charge in [0.2, 0.25) is 0 Å². The molecular formula is C13H23NO2. The summed E-state index contributed by atoms with van der Waals surface area (Å²) in [6.07, 6.45) is 10.3. The average Bonchev–Trinajstić information content (AvgIpc) is 2.62. The van der Waals surface area contributed by atoms with Crippen molar-refractivity contribution in [3.8, 4) is 0 Å². The van der Waals surface area contributed by atoms with Gasteiger partial charge in [0, 0.05) is 6.04 Å².